The number of fused-ring (bicyclic) bond motifs is 1. The van der Waals surface area contributed by atoms with E-state index in [-0.39, 0.29) is 11.7 Å². The predicted octanol–water partition coefficient (Wildman–Crippen LogP) is 3.99. The van der Waals surface area contributed by atoms with E-state index in [0.717, 1.165) is 48.2 Å². The molecule has 1 aliphatic carbocycles. The second-order valence-electron chi connectivity index (χ2n) is 8.08. The molecule has 1 amide bonds. The Balaban J connectivity index is 1.36. The number of anilines is 1. The van der Waals surface area contributed by atoms with Gasteiger partial charge in [-0.25, -0.2) is 4.68 Å². The van der Waals surface area contributed by atoms with Gasteiger partial charge in [0.05, 0.1) is 17.9 Å². The highest BCUT2D eigenvalue weighted by Crippen LogP contribution is 2.35. The monoisotopic (exact) mass is 469 g/mol. The lowest BCUT2D eigenvalue weighted by Crippen LogP contribution is -2.18. The lowest BCUT2D eigenvalue weighted by Gasteiger charge is -2.17. The van der Waals surface area contributed by atoms with Crippen LogP contribution < -0.4 is 5.32 Å². The molecular formula is C25H23N7OS. The molecule has 2 aromatic heterocycles. The summed E-state index contributed by atoms with van der Waals surface area (Å²) >= 11 is 1.27. The van der Waals surface area contributed by atoms with Gasteiger partial charge in [-0.3, -0.25) is 9.36 Å². The first kappa shape index (κ1) is 21.9. The third kappa shape index (κ3) is 4.45. The number of nitrogens with one attached hydrogen (secondary N) is 1. The third-order valence-electron chi connectivity index (χ3n) is 5.86. The van der Waals surface area contributed by atoms with Gasteiger partial charge in [0.2, 0.25) is 11.1 Å². The summed E-state index contributed by atoms with van der Waals surface area (Å²) in [6, 6.07) is 22.1. The highest BCUT2D eigenvalue weighted by Gasteiger charge is 2.26. The molecule has 2 aromatic carbocycles. The maximum atomic E-state index is 13.0. The smallest absolute Gasteiger partial charge is 0.236 e. The number of tetrazole rings is 1. The van der Waals surface area contributed by atoms with E-state index in [1.165, 1.54) is 11.8 Å². The van der Waals surface area contributed by atoms with Crippen molar-refractivity contribution in [3.05, 3.63) is 83.0 Å². The van der Waals surface area contributed by atoms with Crippen LogP contribution in [0.3, 0.4) is 0 Å². The van der Waals surface area contributed by atoms with Crippen molar-refractivity contribution < 1.29 is 4.79 Å². The fraction of sp³-hybridized carbons (Fsp3) is 0.240. The van der Waals surface area contributed by atoms with E-state index in [1.807, 2.05) is 65.2 Å². The Morgan fingerprint density at radius 3 is 2.56 bits per heavy atom. The number of nitriles is 1. The molecule has 0 saturated carbocycles. The van der Waals surface area contributed by atoms with Crippen LogP contribution in [-0.4, -0.2) is 36.4 Å². The molecule has 0 spiro atoms. The number of carbonyl (C=O) groups excluding carboxylic acids is 1. The zero-order chi connectivity index (χ0) is 23.3. The van der Waals surface area contributed by atoms with E-state index in [0.29, 0.717) is 23.1 Å². The van der Waals surface area contributed by atoms with E-state index in [1.54, 1.807) is 4.68 Å². The summed E-state index contributed by atoms with van der Waals surface area (Å²) < 4.78 is 3.72. The SMILES string of the molecule is N#Cc1c2c(n(-c3ccccc3)c1NC(=O)CSc1nnnn1Cc1ccccc1)CCCC2. The first-order valence-corrected chi connectivity index (χ1v) is 12.2. The molecule has 1 aliphatic rings. The topological polar surface area (TPSA) is 101 Å². The fourth-order valence-electron chi connectivity index (χ4n) is 4.35. The summed E-state index contributed by atoms with van der Waals surface area (Å²) in [6.07, 6.45) is 3.86. The molecule has 0 radical (unpaired) electrons. The van der Waals surface area contributed by atoms with Crippen molar-refractivity contribution in [2.75, 3.05) is 11.1 Å². The van der Waals surface area contributed by atoms with E-state index in [2.05, 4.69) is 26.9 Å². The molecule has 34 heavy (non-hydrogen) atoms. The van der Waals surface area contributed by atoms with Crippen LogP contribution in [0.25, 0.3) is 5.69 Å². The number of nitrogens with zero attached hydrogens (tertiary/aromatic N) is 6. The Morgan fingerprint density at radius 2 is 1.79 bits per heavy atom. The maximum Gasteiger partial charge on any atom is 0.236 e. The third-order valence-corrected chi connectivity index (χ3v) is 6.82. The molecule has 0 fully saturated rings. The zero-order valence-corrected chi connectivity index (χ0v) is 19.3. The van der Waals surface area contributed by atoms with Crippen LogP contribution in [0.4, 0.5) is 5.82 Å². The van der Waals surface area contributed by atoms with Gasteiger partial charge in [0, 0.05) is 11.4 Å². The van der Waals surface area contributed by atoms with Crippen molar-refractivity contribution in [2.24, 2.45) is 0 Å². The molecule has 8 nitrogen and oxygen atoms in total. The summed E-state index contributed by atoms with van der Waals surface area (Å²) in [7, 11) is 0. The van der Waals surface area contributed by atoms with Crippen LogP contribution in [0.2, 0.25) is 0 Å². The van der Waals surface area contributed by atoms with Crippen molar-refractivity contribution in [2.45, 2.75) is 37.4 Å². The maximum absolute atomic E-state index is 13.0. The van der Waals surface area contributed by atoms with Crippen molar-refractivity contribution in [1.82, 2.24) is 24.8 Å². The van der Waals surface area contributed by atoms with Gasteiger partial charge in [-0.05, 0) is 59.4 Å². The van der Waals surface area contributed by atoms with E-state index >= 15 is 0 Å². The average molecular weight is 470 g/mol. The Bertz CT molecular complexity index is 1340. The van der Waals surface area contributed by atoms with Crippen molar-refractivity contribution in [1.29, 1.82) is 5.26 Å². The van der Waals surface area contributed by atoms with Crippen LogP contribution in [-0.2, 0) is 24.2 Å². The number of benzene rings is 2. The Labute approximate surface area is 201 Å². The summed E-state index contributed by atoms with van der Waals surface area (Å²) in [5.41, 5.74) is 4.74. The van der Waals surface area contributed by atoms with Crippen LogP contribution in [0.5, 0.6) is 0 Å². The normalized spacial score (nSPS) is 12.7. The number of carbonyl (C=O) groups is 1. The van der Waals surface area contributed by atoms with Gasteiger partial charge in [-0.2, -0.15) is 5.26 Å². The van der Waals surface area contributed by atoms with Gasteiger partial charge < -0.3 is 5.32 Å². The van der Waals surface area contributed by atoms with Crippen molar-refractivity contribution >= 4 is 23.5 Å². The zero-order valence-electron chi connectivity index (χ0n) is 18.5. The second kappa shape index (κ2) is 9.93. The number of para-hydroxylation sites is 1. The lowest BCUT2D eigenvalue weighted by atomic mass is 9.95. The number of amides is 1. The highest BCUT2D eigenvalue weighted by atomic mass is 32.2. The number of aromatic nitrogens is 5. The fourth-order valence-corrected chi connectivity index (χ4v) is 5.03. The summed E-state index contributed by atoms with van der Waals surface area (Å²) in [5.74, 6) is 0.475. The Morgan fingerprint density at radius 1 is 1.06 bits per heavy atom. The molecule has 0 bridgehead atoms. The molecule has 170 valence electrons. The van der Waals surface area contributed by atoms with Crippen LogP contribution in [0.15, 0.2) is 65.8 Å². The van der Waals surface area contributed by atoms with Gasteiger partial charge in [0.15, 0.2) is 0 Å². The van der Waals surface area contributed by atoms with Crippen LogP contribution in [0.1, 0.15) is 35.2 Å². The van der Waals surface area contributed by atoms with E-state index in [4.69, 9.17) is 0 Å². The molecule has 9 heteroatoms. The number of thioether (sulfide) groups is 1. The minimum Gasteiger partial charge on any atom is -0.310 e. The predicted molar refractivity (Wildman–Crippen MR) is 130 cm³/mol. The number of hydrogen-bond acceptors (Lipinski definition) is 6. The number of rotatable bonds is 7. The standard InChI is InChI=1S/C25H23N7OS/c26-15-21-20-13-7-8-14-22(20)32(19-11-5-2-6-12-19)24(21)27-23(33)17-34-25-28-29-30-31(25)16-18-9-3-1-4-10-18/h1-6,9-12H,7-8,13-14,16-17H2,(H,27,33). The highest BCUT2D eigenvalue weighted by molar-refractivity contribution is 7.99. The molecule has 0 aliphatic heterocycles. The molecule has 4 aromatic rings. The summed E-state index contributed by atoms with van der Waals surface area (Å²) in [5, 5.41) is 25.4. The van der Waals surface area contributed by atoms with Crippen LogP contribution in [0, 0.1) is 11.3 Å². The molecule has 1 N–H and O–H groups in total. The molecule has 0 unspecified atom stereocenters. The van der Waals surface area contributed by atoms with E-state index < -0.39 is 0 Å². The molecule has 5 rings (SSSR count). The van der Waals surface area contributed by atoms with Gasteiger partial charge in [-0.15, -0.1) is 5.10 Å². The minimum absolute atomic E-state index is 0.130. The van der Waals surface area contributed by atoms with Gasteiger partial charge in [0.25, 0.3) is 0 Å². The Kier molecular flexibility index (Phi) is 6.40. The molecule has 0 saturated heterocycles. The van der Waals surface area contributed by atoms with Crippen molar-refractivity contribution in [3.63, 3.8) is 0 Å². The molecular weight excluding hydrogens is 446 g/mol. The molecule has 2 heterocycles. The first-order valence-electron chi connectivity index (χ1n) is 11.2. The quantitative estimate of drug-likeness (QED) is 0.411. The van der Waals surface area contributed by atoms with Crippen LogP contribution >= 0.6 is 11.8 Å². The lowest BCUT2D eigenvalue weighted by molar-refractivity contribution is -0.113. The van der Waals surface area contributed by atoms with Gasteiger partial charge >= 0.3 is 0 Å². The van der Waals surface area contributed by atoms with Gasteiger partial charge in [-0.1, -0.05) is 60.3 Å². The van der Waals surface area contributed by atoms with Gasteiger partial charge in [0.1, 0.15) is 11.9 Å². The Hall–Kier alpha value is -3.90. The minimum atomic E-state index is -0.206. The second-order valence-corrected chi connectivity index (χ2v) is 9.02. The largest absolute Gasteiger partial charge is 0.310 e. The molecule has 0 atom stereocenters. The summed E-state index contributed by atoms with van der Waals surface area (Å²) in [6.45, 7) is 0.528. The summed E-state index contributed by atoms with van der Waals surface area (Å²) in [4.78, 5) is 13.0. The number of hydrogen-bond donors (Lipinski definition) is 1. The average Bonchev–Trinajstić information content (AvgIpc) is 3.45. The van der Waals surface area contributed by atoms with E-state index in [9.17, 15) is 10.1 Å². The van der Waals surface area contributed by atoms with Crippen molar-refractivity contribution in [3.8, 4) is 11.8 Å². The first-order chi connectivity index (χ1) is 16.7.